The standard InChI is InChI=1S/C28H25F4N5O2S/c1-19-14-26-21(17-34-37(26)23-6-4-22(29)5-7-23)15-25(19)27-18-36(13-12-35(27)11-10-28(30,31)32)40(38,39)24-8-2-20(16-33)3-9-24/h2-9,14-15,17,27H,10-13,18H2,1H3/t27-/m0/s1. The van der Waals surface area contributed by atoms with Crippen molar-refractivity contribution < 1.29 is 26.0 Å². The highest BCUT2D eigenvalue weighted by Crippen LogP contribution is 2.35. The molecule has 0 bridgehead atoms. The maximum absolute atomic E-state index is 13.5. The lowest BCUT2D eigenvalue weighted by atomic mass is 9.96. The van der Waals surface area contributed by atoms with Gasteiger partial charge in [-0.15, -0.1) is 0 Å². The second-order valence-electron chi connectivity index (χ2n) is 9.72. The van der Waals surface area contributed by atoms with Crippen LogP contribution in [0.2, 0.25) is 0 Å². The number of aryl methyl sites for hydroxylation is 1. The fraction of sp³-hybridized carbons (Fsp3) is 0.286. The molecule has 0 aliphatic carbocycles. The van der Waals surface area contributed by atoms with Crippen LogP contribution in [-0.2, 0) is 10.0 Å². The topological polar surface area (TPSA) is 82.2 Å². The summed E-state index contributed by atoms with van der Waals surface area (Å²) in [4.78, 5) is 1.69. The van der Waals surface area contributed by atoms with Crippen LogP contribution >= 0.6 is 0 Å². The van der Waals surface area contributed by atoms with Gasteiger partial charge in [-0.05, 0) is 78.7 Å². The van der Waals surface area contributed by atoms with Crippen LogP contribution in [0.1, 0.15) is 29.2 Å². The predicted molar refractivity (Wildman–Crippen MR) is 141 cm³/mol. The maximum Gasteiger partial charge on any atom is 0.390 e. The minimum absolute atomic E-state index is 0.0155. The smallest absolute Gasteiger partial charge is 0.293 e. The number of hydrogen-bond donors (Lipinski definition) is 0. The summed E-state index contributed by atoms with van der Waals surface area (Å²) in [7, 11) is -3.96. The monoisotopic (exact) mass is 571 g/mol. The van der Waals surface area contributed by atoms with Crippen molar-refractivity contribution in [1.82, 2.24) is 19.0 Å². The van der Waals surface area contributed by atoms with Crippen molar-refractivity contribution in [2.45, 2.75) is 30.5 Å². The zero-order valence-electron chi connectivity index (χ0n) is 21.4. The Morgan fingerprint density at radius 2 is 1.75 bits per heavy atom. The maximum atomic E-state index is 13.5. The molecule has 0 saturated carbocycles. The summed E-state index contributed by atoms with van der Waals surface area (Å²) >= 11 is 0. The summed E-state index contributed by atoms with van der Waals surface area (Å²) in [6, 6.07) is 16.4. The van der Waals surface area contributed by atoms with Crippen LogP contribution in [-0.4, -0.2) is 59.8 Å². The first-order valence-electron chi connectivity index (χ1n) is 12.5. The SMILES string of the molecule is Cc1cc2c(cnn2-c2ccc(F)cc2)cc1[C@@H]1CN(S(=O)(=O)c2ccc(C#N)cc2)CCN1CCC(F)(F)F. The zero-order chi connectivity index (χ0) is 28.7. The van der Waals surface area contributed by atoms with E-state index in [1.807, 2.05) is 25.1 Å². The Labute approximate surface area is 228 Å². The summed E-state index contributed by atoms with van der Waals surface area (Å²) in [5.41, 5.74) is 3.16. The molecule has 1 atom stereocenters. The summed E-state index contributed by atoms with van der Waals surface area (Å²) in [5, 5.41) is 14.2. The molecule has 1 aliphatic rings. The average molecular weight is 572 g/mol. The minimum Gasteiger partial charge on any atom is -0.293 e. The second-order valence-corrected chi connectivity index (χ2v) is 11.7. The minimum atomic E-state index is -4.36. The Morgan fingerprint density at radius 1 is 1.05 bits per heavy atom. The Hall–Kier alpha value is -3.79. The number of hydrogen-bond acceptors (Lipinski definition) is 5. The Morgan fingerprint density at radius 3 is 2.40 bits per heavy atom. The molecule has 4 aromatic rings. The first-order chi connectivity index (χ1) is 19.0. The van der Waals surface area contributed by atoms with Crippen molar-refractivity contribution in [1.29, 1.82) is 5.26 Å². The molecule has 0 N–H and O–H groups in total. The van der Waals surface area contributed by atoms with Gasteiger partial charge in [-0.2, -0.15) is 27.8 Å². The molecule has 40 heavy (non-hydrogen) atoms. The lowest BCUT2D eigenvalue weighted by molar-refractivity contribution is -0.140. The van der Waals surface area contributed by atoms with Crippen LogP contribution in [0, 0.1) is 24.1 Å². The molecule has 12 heteroatoms. The number of fused-ring (bicyclic) bond motifs is 1. The lowest BCUT2D eigenvalue weighted by Gasteiger charge is -2.41. The third kappa shape index (κ3) is 5.58. The van der Waals surface area contributed by atoms with Gasteiger partial charge in [-0.3, -0.25) is 4.90 Å². The molecule has 0 amide bonds. The van der Waals surface area contributed by atoms with Gasteiger partial charge in [-0.25, -0.2) is 17.5 Å². The van der Waals surface area contributed by atoms with E-state index >= 15 is 0 Å². The van der Waals surface area contributed by atoms with E-state index in [0.717, 1.165) is 11.1 Å². The molecule has 3 aromatic carbocycles. The lowest BCUT2D eigenvalue weighted by Crippen LogP contribution is -2.51. The number of alkyl halides is 3. The Bertz CT molecular complexity index is 1680. The zero-order valence-corrected chi connectivity index (χ0v) is 22.3. The second kappa shape index (κ2) is 10.6. The average Bonchev–Trinajstić information content (AvgIpc) is 3.34. The molecule has 5 rings (SSSR count). The van der Waals surface area contributed by atoms with Crippen LogP contribution < -0.4 is 0 Å². The van der Waals surface area contributed by atoms with Gasteiger partial charge in [0.2, 0.25) is 10.0 Å². The van der Waals surface area contributed by atoms with Gasteiger partial charge in [-0.1, -0.05) is 0 Å². The van der Waals surface area contributed by atoms with E-state index < -0.39 is 28.7 Å². The van der Waals surface area contributed by atoms with E-state index in [2.05, 4.69) is 5.10 Å². The molecular formula is C28H25F4N5O2S. The van der Waals surface area contributed by atoms with E-state index in [-0.39, 0.29) is 36.9 Å². The summed E-state index contributed by atoms with van der Waals surface area (Å²) in [5.74, 6) is -0.379. The number of aromatic nitrogens is 2. The molecule has 208 valence electrons. The van der Waals surface area contributed by atoms with Crippen LogP contribution in [0.25, 0.3) is 16.6 Å². The largest absolute Gasteiger partial charge is 0.390 e. The number of benzene rings is 3. The fourth-order valence-electron chi connectivity index (χ4n) is 5.04. The van der Waals surface area contributed by atoms with Crippen molar-refractivity contribution >= 4 is 20.9 Å². The van der Waals surface area contributed by atoms with E-state index in [1.54, 1.807) is 27.9 Å². The Balaban J connectivity index is 1.51. The third-order valence-corrected chi connectivity index (χ3v) is 9.02. The van der Waals surface area contributed by atoms with Gasteiger partial charge in [0.05, 0.1) is 40.3 Å². The van der Waals surface area contributed by atoms with E-state index in [9.17, 15) is 26.0 Å². The van der Waals surface area contributed by atoms with Crippen LogP contribution in [0.3, 0.4) is 0 Å². The first-order valence-corrected chi connectivity index (χ1v) is 14.0. The van der Waals surface area contributed by atoms with Crippen LogP contribution in [0.15, 0.2) is 71.8 Å². The van der Waals surface area contributed by atoms with Crippen molar-refractivity contribution in [2.75, 3.05) is 26.2 Å². The quantitative estimate of drug-likeness (QED) is 0.292. The third-order valence-electron chi connectivity index (χ3n) is 7.14. The molecule has 1 aromatic heterocycles. The van der Waals surface area contributed by atoms with Gasteiger partial charge in [0.25, 0.3) is 0 Å². The van der Waals surface area contributed by atoms with E-state index in [0.29, 0.717) is 22.2 Å². The van der Waals surface area contributed by atoms with Crippen LogP contribution in [0.5, 0.6) is 0 Å². The van der Waals surface area contributed by atoms with E-state index in [4.69, 9.17) is 5.26 Å². The molecule has 0 spiro atoms. The van der Waals surface area contributed by atoms with Gasteiger partial charge in [0.1, 0.15) is 5.82 Å². The number of nitrogens with zero attached hydrogens (tertiary/aromatic N) is 5. The van der Waals surface area contributed by atoms with Gasteiger partial charge >= 0.3 is 6.18 Å². The van der Waals surface area contributed by atoms with E-state index in [1.165, 1.54) is 40.7 Å². The summed E-state index contributed by atoms with van der Waals surface area (Å²) < 4.78 is 82.8. The molecule has 1 saturated heterocycles. The molecule has 0 radical (unpaired) electrons. The molecule has 2 heterocycles. The molecule has 1 aliphatic heterocycles. The van der Waals surface area contributed by atoms with Crippen LogP contribution in [0.4, 0.5) is 17.6 Å². The summed E-state index contributed by atoms with van der Waals surface area (Å²) in [6.07, 6.45) is -3.75. The van der Waals surface area contributed by atoms with Gasteiger partial charge < -0.3 is 0 Å². The van der Waals surface area contributed by atoms with Crippen molar-refractivity contribution in [2.24, 2.45) is 0 Å². The van der Waals surface area contributed by atoms with Crippen molar-refractivity contribution in [3.05, 3.63) is 89.4 Å². The molecule has 1 fully saturated rings. The number of halogens is 4. The Kier molecular flexibility index (Phi) is 7.39. The summed E-state index contributed by atoms with van der Waals surface area (Å²) in [6.45, 7) is 1.65. The molecule has 7 nitrogen and oxygen atoms in total. The predicted octanol–water partition coefficient (Wildman–Crippen LogP) is 5.34. The first kappa shape index (κ1) is 27.8. The van der Waals surface area contributed by atoms with Crippen molar-refractivity contribution in [3.8, 4) is 11.8 Å². The number of rotatable bonds is 6. The highest BCUT2D eigenvalue weighted by Gasteiger charge is 2.37. The fourth-order valence-corrected chi connectivity index (χ4v) is 6.48. The molecule has 0 unspecified atom stereocenters. The highest BCUT2D eigenvalue weighted by molar-refractivity contribution is 7.89. The number of nitriles is 1. The number of piperazine rings is 1. The highest BCUT2D eigenvalue weighted by atomic mass is 32.2. The van der Waals surface area contributed by atoms with Crippen molar-refractivity contribution in [3.63, 3.8) is 0 Å². The normalized spacial score (nSPS) is 17.2. The van der Waals surface area contributed by atoms with Gasteiger partial charge in [0, 0.05) is 37.6 Å². The number of sulfonamides is 1. The van der Waals surface area contributed by atoms with Gasteiger partial charge in [0.15, 0.2) is 0 Å². The molecular weight excluding hydrogens is 546 g/mol.